The molecule has 5 rings (SSSR count). The molecule has 1 aliphatic rings. The van der Waals surface area contributed by atoms with Crippen LogP contribution in [0, 0.1) is 17.0 Å². The predicted octanol–water partition coefficient (Wildman–Crippen LogP) is 4.35. The van der Waals surface area contributed by atoms with E-state index in [2.05, 4.69) is 40.6 Å². The van der Waals surface area contributed by atoms with Crippen molar-refractivity contribution in [3.63, 3.8) is 0 Å². The SMILES string of the molecule is CCS(=O)(=O)N1CCN(Cc2c(-c3cccc([N+](=O)[O-])c3)nc3ccc(-c4cccc(C)c4)cn23)CC1. The third kappa shape index (κ3) is 5.13. The molecular weight excluding hydrogens is 490 g/mol. The number of piperazine rings is 1. The van der Waals surface area contributed by atoms with E-state index in [4.69, 9.17) is 4.98 Å². The highest BCUT2D eigenvalue weighted by Crippen LogP contribution is 2.30. The van der Waals surface area contributed by atoms with Gasteiger partial charge in [0, 0.05) is 56.6 Å². The number of fused-ring (bicyclic) bond motifs is 1. The lowest BCUT2D eigenvalue weighted by atomic mass is 10.1. The van der Waals surface area contributed by atoms with Crippen LogP contribution in [-0.4, -0.2) is 63.9 Å². The maximum atomic E-state index is 12.3. The van der Waals surface area contributed by atoms with E-state index in [1.54, 1.807) is 23.4 Å². The Kier molecular flexibility index (Phi) is 6.80. The first-order valence-electron chi connectivity index (χ1n) is 12.3. The summed E-state index contributed by atoms with van der Waals surface area (Å²) in [6.45, 7) is 6.33. The molecule has 0 amide bonds. The van der Waals surface area contributed by atoms with E-state index < -0.39 is 14.9 Å². The van der Waals surface area contributed by atoms with Crippen LogP contribution in [0.4, 0.5) is 5.69 Å². The molecule has 0 bridgehead atoms. The largest absolute Gasteiger partial charge is 0.301 e. The summed E-state index contributed by atoms with van der Waals surface area (Å²) in [5, 5.41) is 11.4. The Morgan fingerprint density at radius 3 is 2.38 bits per heavy atom. The van der Waals surface area contributed by atoms with Crippen LogP contribution in [-0.2, 0) is 16.6 Å². The highest BCUT2D eigenvalue weighted by molar-refractivity contribution is 7.89. The molecule has 2 aromatic carbocycles. The number of nitro groups is 1. The van der Waals surface area contributed by atoms with E-state index in [1.165, 1.54) is 11.6 Å². The smallest absolute Gasteiger partial charge is 0.270 e. The van der Waals surface area contributed by atoms with E-state index >= 15 is 0 Å². The third-order valence-corrected chi connectivity index (χ3v) is 8.74. The summed E-state index contributed by atoms with van der Waals surface area (Å²) in [6.07, 6.45) is 2.06. The molecule has 3 heterocycles. The van der Waals surface area contributed by atoms with Crippen molar-refractivity contribution < 1.29 is 13.3 Å². The summed E-state index contributed by atoms with van der Waals surface area (Å²) in [5.41, 5.74) is 6.35. The van der Waals surface area contributed by atoms with Gasteiger partial charge in [-0.2, -0.15) is 4.31 Å². The van der Waals surface area contributed by atoms with E-state index in [9.17, 15) is 18.5 Å². The van der Waals surface area contributed by atoms with Gasteiger partial charge in [-0.25, -0.2) is 13.4 Å². The molecule has 1 aliphatic heterocycles. The quantitative estimate of drug-likeness (QED) is 0.266. The topological polar surface area (TPSA) is 101 Å². The first-order chi connectivity index (χ1) is 17.7. The van der Waals surface area contributed by atoms with Crippen LogP contribution in [0.15, 0.2) is 66.9 Å². The van der Waals surface area contributed by atoms with Crippen molar-refractivity contribution in [3.8, 4) is 22.4 Å². The van der Waals surface area contributed by atoms with Crippen molar-refractivity contribution in [1.82, 2.24) is 18.6 Å². The minimum atomic E-state index is -3.22. The second kappa shape index (κ2) is 10.0. The lowest BCUT2D eigenvalue weighted by molar-refractivity contribution is -0.384. The Hall–Kier alpha value is -3.60. The lowest BCUT2D eigenvalue weighted by Gasteiger charge is -2.33. The zero-order valence-electron chi connectivity index (χ0n) is 20.9. The van der Waals surface area contributed by atoms with Gasteiger partial charge in [0.2, 0.25) is 10.0 Å². The fourth-order valence-electron chi connectivity index (χ4n) is 4.80. The number of nitro benzene ring substituents is 1. The van der Waals surface area contributed by atoms with Gasteiger partial charge < -0.3 is 4.40 Å². The Balaban J connectivity index is 1.56. The molecule has 2 aromatic heterocycles. The van der Waals surface area contributed by atoms with Crippen LogP contribution >= 0.6 is 0 Å². The predicted molar refractivity (Wildman–Crippen MR) is 144 cm³/mol. The van der Waals surface area contributed by atoms with E-state index in [1.807, 2.05) is 24.3 Å². The molecular formula is C27H29N5O4S. The molecule has 0 unspecified atom stereocenters. The Morgan fingerprint density at radius 1 is 0.946 bits per heavy atom. The van der Waals surface area contributed by atoms with Crippen molar-refractivity contribution in [3.05, 3.63) is 88.2 Å². The van der Waals surface area contributed by atoms with Crippen LogP contribution < -0.4 is 0 Å². The highest BCUT2D eigenvalue weighted by atomic mass is 32.2. The summed E-state index contributed by atoms with van der Waals surface area (Å²) in [6, 6.07) is 18.8. The summed E-state index contributed by atoms with van der Waals surface area (Å²) in [4.78, 5) is 18.1. The molecule has 9 nitrogen and oxygen atoms in total. The van der Waals surface area contributed by atoms with Gasteiger partial charge in [0.15, 0.2) is 0 Å². The number of nitrogens with zero attached hydrogens (tertiary/aromatic N) is 5. The molecule has 0 atom stereocenters. The van der Waals surface area contributed by atoms with Gasteiger partial charge in [0.1, 0.15) is 5.65 Å². The van der Waals surface area contributed by atoms with Gasteiger partial charge in [-0.05, 0) is 37.1 Å². The molecule has 0 N–H and O–H groups in total. The zero-order chi connectivity index (χ0) is 26.2. The number of hydrogen-bond donors (Lipinski definition) is 0. The number of non-ortho nitro benzene ring substituents is 1. The van der Waals surface area contributed by atoms with Gasteiger partial charge in [0.05, 0.1) is 22.1 Å². The van der Waals surface area contributed by atoms with Crippen molar-refractivity contribution in [2.45, 2.75) is 20.4 Å². The van der Waals surface area contributed by atoms with Crippen LogP contribution in [0.25, 0.3) is 28.0 Å². The maximum absolute atomic E-state index is 12.3. The number of pyridine rings is 1. The monoisotopic (exact) mass is 519 g/mol. The normalized spacial score (nSPS) is 15.3. The molecule has 4 aromatic rings. The fourth-order valence-corrected chi connectivity index (χ4v) is 5.88. The van der Waals surface area contributed by atoms with Crippen molar-refractivity contribution in [2.24, 2.45) is 0 Å². The Morgan fingerprint density at radius 2 is 1.68 bits per heavy atom. The van der Waals surface area contributed by atoms with Crippen molar-refractivity contribution >= 4 is 21.4 Å². The van der Waals surface area contributed by atoms with Crippen molar-refractivity contribution in [1.29, 1.82) is 0 Å². The molecule has 10 heteroatoms. The average molecular weight is 520 g/mol. The van der Waals surface area contributed by atoms with Crippen molar-refractivity contribution in [2.75, 3.05) is 31.9 Å². The summed E-state index contributed by atoms with van der Waals surface area (Å²) in [7, 11) is -3.22. The fraction of sp³-hybridized carbons (Fsp3) is 0.296. The van der Waals surface area contributed by atoms with Crippen LogP contribution in [0.5, 0.6) is 0 Å². The zero-order valence-corrected chi connectivity index (χ0v) is 21.7. The van der Waals surface area contributed by atoms with Gasteiger partial charge >= 0.3 is 0 Å². The van der Waals surface area contributed by atoms with E-state index in [-0.39, 0.29) is 11.4 Å². The Labute approximate surface area is 216 Å². The number of hydrogen-bond acceptors (Lipinski definition) is 6. The molecule has 0 radical (unpaired) electrons. The van der Waals surface area contributed by atoms with E-state index in [0.717, 1.165) is 22.5 Å². The van der Waals surface area contributed by atoms with Gasteiger partial charge in [-0.1, -0.05) is 42.0 Å². The number of benzene rings is 2. The van der Waals surface area contributed by atoms with Crippen LogP contribution in [0.1, 0.15) is 18.2 Å². The number of aromatic nitrogens is 2. The summed E-state index contributed by atoms with van der Waals surface area (Å²) >= 11 is 0. The molecule has 1 saturated heterocycles. The molecule has 37 heavy (non-hydrogen) atoms. The second-order valence-corrected chi connectivity index (χ2v) is 11.6. The lowest BCUT2D eigenvalue weighted by Crippen LogP contribution is -2.48. The number of rotatable bonds is 7. The minimum Gasteiger partial charge on any atom is -0.301 e. The van der Waals surface area contributed by atoms with Gasteiger partial charge in [-0.15, -0.1) is 0 Å². The van der Waals surface area contributed by atoms with Gasteiger partial charge in [-0.3, -0.25) is 15.0 Å². The first-order valence-corrected chi connectivity index (χ1v) is 13.9. The number of imidazole rings is 1. The van der Waals surface area contributed by atoms with E-state index in [0.29, 0.717) is 44.0 Å². The Bertz CT molecular complexity index is 1570. The highest BCUT2D eigenvalue weighted by Gasteiger charge is 2.27. The van der Waals surface area contributed by atoms with Gasteiger partial charge in [0.25, 0.3) is 5.69 Å². The second-order valence-electron chi connectivity index (χ2n) is 9.31. The maximum Gasteiger partial charge on any atom is 0.270 e. The summed E-state index contributed by atoms with van der Waals surface area (Å²) < 4.78 is 28.2. The molecule has 1 fully saturated rings. The first kappa shape index (κ1) is 25.1. The van der Waals surface area contributed by atoms with Crippen LogP contribution in [0.2, 0.25) is 0 Å². The molecule has 192 valence electrons. The third-order valence-electron chi connectivity index (χ3n) is 6.86. The van der Waals surface area contributed by atoms with Crippen LogP contribution in [0.3, 0.4) is 0 Å². The minimum absolute atomic E-state index is 0.0133. The summed E-state index contributed by atoms with van der Waals surface area (Å²) in [5.74, 6) is 0.0962. The molecule has 0 aliphatic carbocycles. The standard InChI is InChI=1S/C27H29N5O4S/c1-3-37(35,36)30-14-12-29(13-15-30)19-25-27(22-8-5-9-24(17-22)32(33)34)28-26-11-10-23(18-31(25)26)21-7-4-6-20(2)16-21/h4-11,16-18H,3,12-15,19H2,1-2H3. The number of aryl methyl sites for hydroxylation is 1. The average Bonchev–Trinajstić information content (AvgIpc) is 3.26. The number of sulfonamides is 1. The molecule has 0 spiro atoms. The molecule has 0 saturated carbocycles.